The molecule has 4 N–H and O–H groups in total. The largest absolute Gasteiger partial charge is 0.384 e. The van der Waals surface area contributed by atoms with E-state index >= 15 is 0 Å². The normalized spacial score (nSPS) is 11.1. The number of hydrogen-bond donors (Lipinski definition) is 2. The number of nitrogens with zero attached hydrogens (tertiary/aromatic N) is 5. The predicted molar refractivity (Wildman–Crippen MR) is 92.9 cm³/mol. The number of aromatic nitrogens is 5. The van der Waals surface area contributed by atoms with Crippen molar-refractivity contribution in [2.24, 2.45) is 0 Å². The molecule has 0 fully saturated rings. The number of anilines is 2. The summed E-state index contributed by atoms with van der Waals surface area (Å²) in [6.07, 6.45) is 3.43. The van der Waals surface area contributed by atoms with Gasteiger partial charge in [0, 0.05) is 23.8 Å². The Morgan fingerprint density at radius 1 is 1.04 bits per heavy atom. The molecule has 8 heteroatoms. The SMILES string of the molecule is Nc1cc(N)nc(-c2nn(Cc3cccnc3)c3cc(F)ccc23)n1. The molecule has 0 spiro atoms. The second-order valence-corrected chi connectivity index (χ2v) is 5.57. The molecule has 0 saturated carbocycles. The first-order valence-corrected chi connectivity index (χ1v) is 7.55. The maximum absolute atomic E-state index is 13.8. The summed E-state index contributed by atoms with van der Waals surface area (Å²) >= 11 is 0. The number of halogens is 1. The molecule has 0 unspecified atom stereocenters. The second kappa shape index (κ2) is 5.82. The van der Waals surface area contributed by atoms with Crippen LogP contribution >= 0.6 is 0 Å². The average molecular weight is 335 g/mol. The molecule has 7 nitrogen and oxygen atoms in total. The quantitative estimate of drug-likeness (QED) is 0.594. The van der Waals surface area contributed by atoms with Crippen molar-refractivity contribution in [3.05, 3.63) is 60.2 Å². The van der Waals surface area contributed by atoms with E-state index in [1.165, 1.54) is 18.2 Å². The van der Waals surface area contributed by atoms with Crippen LogP contribution in [0.4, 0.5) is 16.0 Å². The number of rotatable bonds is 3. The molecule has 3 heterocycles. The molecule has 3 aromatic heterocycles. The third-order valence-electron chi connectivity index (χ3n) is 3.75. The highest BCUT2D eigenvalue weighted by Gasteiger charge is 2.16. The van der Waals surface area contributed by atoms with E-state index in [0.717, 1.165) is 10.9 Å². The molecule has 1 aromatic carbocycles. The molecule has 0 aliphatic carbocycles. The topological polar surface area (TPSA) is 109 Å². The molecule has 25 heavy (non-hydrogen) atoms. The van der Waals surface area contributed by atoms with Crippen LogP contribution in [0.15, 0.2) is 48.8 Å². The third kappa shape index (κ3) is 2.85. The van der Waals surface area contributed by atoms with Crippen LogP contribution in [0.1, 0.15) is 5.56 Å². The number of benzene rings is 1. The molecule has 4 aromatic rings. The van der Waals surface area contributed by atoms with Gasteiger partial charge in [0.25, 0.3) is 0 Å². The molecule has 0 atom stereocenters. The van der Waals surface area contributed by atoms with Gasteiger partial charge in [0.05, 0.1) is 12.1 Å². The average Bonchev–Trinajstić information content (AvgIpc) is 2.93. The monoisotopic (exact) mass is 335 g/mol. The van der Waals surface area contributed by atoms with E-state index < -0.39 is 0 Å². The Morgan fingerprint density at radius 3 is 2.56 bits per heavy atom. The van der Waals surface area contributed by atoms with Crippen molar-refractivity contribution in [3.8, 4) is 11.5 Å². The Labute approximate surface area is 142 Å². The van der Waals surface area contributed by atoms with Gasteiger partial charge in [0.15, 0.2) is 5.82 Å². The van der Waals surface area contributed by atoms with E-state index in [2.05, 4.69) is 20.1 Å². The van der Waals surface area contributed by atoms with Crippen LogP contribution in [0.5, 0.6) is 0 Å². The van der Waals surface area contributed by atoms with Crippen molar-refractivity contribution < 1.29 is 4.39 Å². The van der Waals surface area contributed by atoms with Gasteiger partial charge in [0.1, 0.15) is 23.1 Å². The molecule has 0 aliphatic rings. The summed E-state index contributed by atoms with van der Waals surface area (Å²) in [6.45, 7) is 0.436. The molecule has 4 rings (SSSR count). The Kier molecular flexibility index (Phi) is 3.50. The van der Waals surface area contributed by atoms with Gasteiger partial charge in [0.2, 0.25) is 0 Å². The summed E-state index contributed by atoms with van der Waals surface area (Å²) in [6, 6.07) is 9.68. The fourth-order valence-corrected chi connectivity index (χ4v) is 2.69. The Bertz CT molecular complexity index is 1040. The fourth-order valence-electron chi connectivity index (χ4n) is 2.69. The van der Waals surface area contributed by atoms with Crippen LogP contribution in [0.3, 0.4) is 0 Å². The third-order valence-corrected chi connectivity index (χ3v) is 3.75. The smallest absolute Gasteiger partial charge is 0.184 e. The molecular weight excluding hydrogens is 321 g/mol. The second-order valence-electron chi connectivity index (χ2n) is 5.57. The fraction of sp³-hybridized carbons (Fsp3) is 0.0588. The van der Waals surface area contributed by atoms with Crippen molar-refractivity contribution >= 4 is 22.5 Å². The van der Waals surface area contributed by atoms with E-state index in [0.29, 0.717) is 23.6 Å². The highest BCUT2D eigenvalue weighted by molar-refractivity contribution is 5.92. The molecule has 0 bridgehead atoms. The zero-order valence-electron chi connectivity index (χ0n) is 13.1. The van der Waals surface area contributed by atoms with Crippen molar-refractivity contribution in [1.29, 1.82) is 0 Å². The highest BCUT2D eigenvalue weighted by Crippen LogP contribution is 2.28. The van der Waals surface area contributed by atoms with Gasteiger partial charge in [-0.15, -0.1) is 0 Å². The van der Waals surface area contributed by atoms with Gasteiger partial charge in [-0.2, -0.15) is 5.10 Å². The number of pyridine rings is 1. The van der Waals surface area contributed by atoms with Crippen molar-refractivity contribution in [1.82, 2.24) is 24.7 Å². The van der Waals surface area contributed by atoms with E-state index in [1.807, 2.05) is 12.1 Å². The molecule has 0 radical (unpaired) electrons. The Balaban J connectivity index is 1.90. The van der Waals surface area contributed by atoms with Crippen LogP contribution < -0.4 is 11.5 Å². The first-order valence-electron chi connectivity index (χ1n) is 7.55. The Hall–Kier alpha value is -3.55. The Morgan fingerprint density at radius 2 is 1.84 bits per heavy atom. The lowest BCUT2D eigenvalue weighted by Gasteiger charge is -2.03. The van der Waals surface area contributed by atoms with Gasteiger partial charge in [-0.05, 0) is 29.8 Å². The van der Waals surface area contributed by atoms with Crippen molar-refractivity contribution in [2.45, 2.75) is 6.54 Å². The zero-order chi connectivity index (χ0) is 17.4. The van der Waals surface area contributed by atoms with E-state index in [1.54, 1.807) is 23.1 Å². The predicted octanol–water partition coefficient (Wildman–Crippen LogP) is 2.24. The van der Waals surface area contributed by atoms with E-state index in [9.17, 15) is 4.39 Å². The summed E-state index contributed by atoms with van der Waals surface area (Å²) in [5.41, 5.74) is 13.6. The van der Waals surface area contributed by atoms with Gasteiger partial charge in [-0.3, -0.25) is 9.67 Å². The molecule has 0 saturated heterocycles. The minimum atomic E-state index is -0.348. The maximum Gasteiger partial charge on any atom is 0.184 e. The first kappa shape index (κ1) is 15.0. The number of nitrogen functional groups attached to an aromatic ring is 2. The standard InChI is InChI=1S/C17H14FN7/c18-11-3-4-12-13(6-11)25(9-10-2-1-5-21-8-10)24-16(12)17-22-14(19)7-15(20)23-17/h1-8H,9H2,(H4,19,20,22,23). The minimum Gasteiger partial charge on any atom is -0.384 e. The van der Waals surface area contributed by atoms with Crippen LogP contribution in [-0.4, -0.2) is 24.7 Å². The summed E-state index contributed by atoms with van der Waals surface area (Å²) in [7, 11) is 0. The van der Waals surface area contributed by atoms with Crippen molar-refractivity contribution in [2.75, 3.05) is 11.5 Å². The molecule has 0 aliphatic heterocycles. The maximum atomic E-state index is 13.8. The lowest BCUT2D eigenvalue weighted by Crippen LogP contribution is -2.03. The molecular formula is C17H14FN7. The minimum absolute atomic E-state index is 0.250. The zero-order valence-corrected chi connectivity index (χ0v) is 13.1. The number of hydrogen-bond acceptors (Lipinski definition) is 6. The van der Waals surface area contributed by atoms with Crippen LogP contribution in [0, 0.1) is 5.82 Å². The van der Waals surface area contributed by atoms with Gasteiger partial charge >= 0.3 is 0 Å². The summed E-state index contributed by atoms with van der Waals surface area (Å²) in [4.78, 5) is 12.5. The number of nitrogens with two attached hydrogens (primary N) is 2. The number of fused-ring (bicyclic) bond motifs is 1. The molecule has 0 amide bonds. The van der Waals surface area contributed by atoms with Gasteiger partial charge in [-0.25, -0.2) is 14.4 Å². The van der Waals surface area contributed by atoms with E-state index in [4.69, 9.17) is 11.5 Å². The summed E-state index contributed by atoms with van der Waals surface area (Å²) < 4.78 is 15.5. The highest BCUT2D eigenvalue weighted by atomic mass is 19.1. The van der Waals surface area contributed by atoms with Crippen LogP contribution in [0.25, 0.3) is 22.4 Å². The first-order chi connectivity index (χ1) is 12.1. The van der Waals surface area contributed by atoms with Gasteiger partial charge in [-0.1, -0.05) is 6.07 Å². The summed E-state index contributed by atoms with van der Waals surface area (Å²) in [5.74, 6) is 0.456. The summed E-state index contributed by atoms with van der Waals surface area (Å²) in [5, 5.41) is 5.28. The molecule has 124 valence electrons. The van der Waals surface area contributed by atoms with Crippen LogP contribution in [0.2, 0.25) is 0 Å². The van der Waals surface area contributed by atoms with Gasteiger partial charge < -0.3 is 11.5 Å². The van der Waals surface area contributed by atoms with Crippen molar-refractivity contribution in [3.63, 3.8) is 0 Å². The van der Waals surface area contributed by atoms with Crippen LogP contribution in [-0.2, 0) is 6.54 Å². The van der Waals surface area contributed by atoms with E-state index in [-0.39, 0.29) is 17.5 Å². The lowest BCUT2D eigenvalue weighted by atomic mass is 10.2. The lowest BCUT2D eigenvalue weighted by molar-refractivity contribution is 0.626.